The van der Waals surface area contributed by atoms with Crippen LogP contribution in [0, 0.1) is 0 Å². The topological polar surface area (TPSA) is 140 Å². The van der Waals surface area contributed by atoms with Crippen LogP contribution in [0.15, 0.2) is 53.7 Å². The van der Waals surface area contributed by atoms with Gasteiger partial charge in [-0.15, -0.1) is 5.10 Å². The van der Waals surface area contributed by atoms with Crippen LogP contribution in [0.3, 0.4) is 0 Å². The molecule has 202 valence electrons. The Labute approximate surface area is 228 Å². The van der Waals surface area contributed by atoms with Crippen molar-refractivity contribution >= 4 is 40.8 Å². The molecule has 1 aliphatic heterocycles. The smallest absolute Gasteiger partial charge is 0.410 e. The van der Waals surface area contributed by atoms with Gasteiger partial charge in [0.25, 0.3) is 11.7 Å². The van der Waals surface area contributed by atoms with Gasteiger partial charge in [-0.2, -0.15) is 9.67 Å². The summed E-state index contributed by atoms with van der Waals surface area (Å²) in [6, 6.07) is 7.98. The van der Waals surface area contributed by atoms with Crippen molar-refractivity contribution in [2.45, 2.75) is 26.4 Å². The summed E-state index contributed by atoms with van der Waals surface area (Å²) in [5, 5.41) is 7.22. The lowest BCUT2D eigenvalue weighted by atomic mass is 10.2. The van der Waals surface area contributed by atoms with E-state index < -0.39 is 17.2 Å². The molecule has 13 nitrogen and oxygen atoms in total. The summed E-state index contributed by atoms with van der Waals surface area (Å²) in [6.45, 7) is 7.55. The van der Waals surface area contributed by atoms with Gasteiger partial charge in [-0.3, -0.25) is 9.78 Å². The van der Waals surface area contributed by atoms with Crippen LogP contribution in [0.25, 0.3) is 11.6 Å². The van der Waals surface area contributed by atoms with Crippen molar-refractivity contribution in [3.05, 3.63) is 70.3 Å². The number of rotatable bonds is 4. The van der Waals surface area contributed by atoms with Gasteiger partial charge in [0.05, 0.1) is 17.6 Å². The molecule has 0 radical (unpaired) electrons. The SMILES string of the molecule is CC(C)(C)OC(=O)N1CCN(c2ccncc2NC(=O)c2cccc(-n3nc4nc(Cl)ccn4c3=O)n2)CC1. The number of aromatic nitrogens is 6. The fourth-order valence-corrected chi connectivity index (χ4v) is 4.19. The van der Waals surface area contributed by atoms with Crippen LogP contribution in [0.1, 0.15) is 31.3 Å². The van der Waals surface area contributed by atoms with Crippen molar-refractivity contribution in [1.82, 2.24) is 34.0 Å². The summed E-state index contributed by atoms with van der Waals surface area (Å²) in [6.07, 6.45) is 4.31. The molecule has 39 heavy (non-hydrogen) atoms. The van der Waals surface area contributed by atoms with E-state index in [2.05, 4.69) is 30.3 Å². The van der Waals surface area contributed by atoms with Crippen LogP contribution in [0.5, 0.6) is 0 Å². The molecule has 0 saturated carbocycles. The normalized spacial score (nSPS) is 13.9. The number of hydrogen-bond acceptors (Lipinski definition) is 9. The zero-order chi connectivity index (χ0) is 27.7. The molecule has 1 fully saturated rings. The van der Waals surface area contributed by atoms with E-state index in [0.29, 0.717) is 31.9 Å². The molecule has 14 heteroatoms. The number of carbonyl (C=O) groups is 2. The second-order valence-electron chi connectivity index (χ2n) is 9.80. The van der Waals surface area contributed by atoms with Crippen molar-refractivity contribution in [3.8, 4) is 5.82 Å². The molecule has 1 saturated heterocycles. The fraction of sp³-hybridized carbons (Fsp3) is 0.320. The summed E-state index contributed by atoms with van der Waals surface area (Å²) >= 11 is 5.91. The number of amides is 2. The van der Waals surface area contributed by atoms with Crippen LogP contribution < -0.4 is 15.9 Å². The Bertz CT molecular complexity index is 1600. The lowest BCUT2D eigenvalue weighted by Gasteiger charge is -2.37. The largest absolute Gasteiger partial charge is 0.444 e. The van der Waals surface area contributed by atoms with E-state index in [1.54, 1.807) is 35.5 Å². The van der Waals surface area contributed by atoms with Gasteiger partial charge in [-0.05, 0) is 45.0 Å². The first-order chi connectivity index (χ1) is 18.6. The van der Waals surface area contributed by atoms with E-state index in [9.17, 15) is 14.4 Å². The number of ether oxygens (including phenoxy) is 1. The molecule has 4 aromatic rings. The van der Waals surface area contributed by atoms with E-state index in [0.717, 1.165) is 10.4 Å². The average Bonchev–Trinajstić information content (AvgIpc) is 3.23. The predicted octanol–water partition coefficient (Wildman–Crippen LogP) is 2.63. The molecule has 5 rings (SSSR count). The van der Waals surface area contributed by atoms with Gasteiger partial charge in [0.1, 0.15) is 16.4 Å². The Balaban J connectivity index is 1.32. The highest BCUT2D eigenvalue weighted by molar-refractivity contribution is 6.29. The predicted molar refractivity (Wildman–Crippen MR) is 144 cm³/mol. The summed E-state index contributed by atoms with van der Waals surface area (Å²) in [7, 11) is 0. The minimum Gasteiger partial charge on any atom is -0.444 e. The molecule has 4 aromatic heterocycles. The van der Waals surface area contributed by atoms with Crippen molar-refractivity contribution in [1.29, 1.82) is 0 Å². The molecule has 2 amide bonds. The van der Waals surface area contributed by atoms with Gasteiger partial charge < -0.3 is 19.9 Å². The van der Waals surface area contributed by atoms with E-state index in [-0.39, 0.29) is 28.5 Å². The zero-order valence-electron chi connectivity index (χ0n) is 21.5. The van der Waals surface area contributed by atoms with Crippen molar-refractivity contribution in [2.24, 2.45) is 0 Å². The minimum atomic E-state index is -0.564. The highest BCUT2D eigenvalue weighted by atomic mass is 35.5. The highest BCUT2D eigenvalue weighted by Gasteiger charge is 2.27. The summed E-state index contributed by atoms with van der Waals surface area (Å²) in [5.74, 6) is -0.230. The van der Waals surface area contributed by atoms with E-state index >= 15 is 0 Å². The van der Waals surface area contributed by atoms with Crippen molar-refractivity contribution < 1.29 is 14.3 Å². The number of halogens is 1. The van der Waals surface area contributed by atoms with Crippen molar-refractivity contribution in [3.63, 3.8) is 0 Å². The Kier molecular flexibility index (Phi) is 6.91. The molecule has 0 atom stereocenters. The van der Waals surface area contributed by atoms with Crippen LogP contribution in [-0.4, -0.2) is 77.8 Å². The molecule has 1 aliphatic rings. The number of nitrogens with one attached hydrogen (secondary N) is 1. The Morgan fingerprint density at radius 3 is 2.56 bits per heavy atom. The molecule has 0 aliphatic carbocycles. The average molecular weight is 552 g/mol. The van der Waals surface area contributed by atoms with Gasteiger partial charge in [-0.25, -0.2) is 19.0 Å². The number of hydrogen-bond donors (Lipinski definition) is 1. The third-order valence-electron chi connectivity index (χ3n) is 5.86. The van der Waals surface area contributed by atoms with Gasteiger partial charge in [0.2, 0.25) is 0 Å². The number of carbonyl (C=O) groups excluding carboxylic acids is 2. The van der Waals surface area contributed by atoms with Gasteiger partial charge in [-0.1, -0.05) is 17.7 Å². The maximum absolute atomic E-state index is 13.2. The summed E-state index contributed by atoms with van der Waals surface area (Å²) in [5.41, 5.74) is 0.263. The van der Waals surface area contributed by atoms with E-state index in [1.807, 2.05) is 20.8 Å². The summed E-state index contributed by atoms with van der Waals surface area (Å²) < 4.78 is 7.75. The molecular weight excluding hydrogens is 526 g/mol. The molecule has 5 heterocycles. The number of fused-ring (bicyclic) bond motifs is 1. The van der Waals surface area contributed by atoms with E-state index in [4.69, 9.17) is 16.3 Å². The molecular formula is C25H26ClN9O4. The standard InChI is InChI=1S/C25H26ClN9O4/c1-25(2,3)39-24(38)33-13-11-32(12-14-33)18-7-9-27-15-17(18)29-21(36)16-5-4-6-20(28-16)35-23(37)34-10-8-19(26)30-22(34)31-35/h4-10,15H,11-14H2,1-3H3,(H,29,36). The third kappa shape index (κ3) is 5.67. The highest BCUT2D eigenvalue weighted by Crippen LogP contribution is 2.26. The van der Waals surface area contributed by atoms with Crippen LogP contribution in [-0.2, 0) is 4.74 Å². The van der Waals surface area contributed by atoms with Crippen LogP contribution in [0.2, 0.25) is 5.15 Å². The van der Waals surface area contributed by atoms with Gasteiger partial charge >= 0.3 is 11.8 Å². The zero-order valence-corrected chi connectivity index (χ0v) is 22.3. The fourth-order valence-electron chi connectivity index (χ4n) is 4.06. The Morgan fingerprint density at radius 2 is 1.82 bits per heavy atom. The lowest BCUT2D eigenvalue weighted by molar-refractivity contribution is 0.0240. The molecule has 0 spiro atoms. The molecule has 0 unspecified atom stereocenters. The van der Waals surface area contributed by atoms with E-state index in [1.165, 1.54) is 22.7 Å². The van der Waals surface area contributed by atoms with Gasteiger partial charge in [0.15, 0.2) is 5.82 Å². The molecule has 0 aromatic carbocycles. The molecule has 0 bridgehead atoms. The first-order valence-electron chi connectivity index (χ1n) is 12.2. The number of piperazine rings is 1. The maximum atomic E-state index is 13.2. The minimum absolute atomic E-state index is 0.0759. The van der Waals surface area contributed by atoms with Crippen LogP contribution in [0.4, 0.5) is 16.2 Å². The number of anilines is 2. The number of pyridine rings is 2. The second kappa shape index (κ2) is 10.3. The first-order valence-corrected chi connectivity index (χ1v) is 12.6. The van der Waals surface area contributed by atoms with Crippen LogP contribution >= 0.6 is 11.6 Å². The summed E-state index contributed by atoms with van der Waals surface area (Å²) in [4.78, 5) is 54.6. The third-order valence-corrected chi connectivity index (χ3v) is 6.07. The van der Waals surface area contributed by atoms with Gasteiger partial charge in [0, 0.05) is 38.6 Å². The number of nitrogens with zero attached hydrogens (tertiary/aromatic N) is 8. The molecule has 1 N–H and O–H groups in total. The monoisotopic (exact) mass is 551 g/mol. The first kappa shape index (κ1) is 26.1. The second-order valence-corrected chi connectivity index (χ2v) is 10.2. The Morgan fingerprint density at radius 1 is 1.05 bits per heavy atom. The quantitative estimate of drug-likeness (QED) is 0.379. The maximum Gasteiger partial charge on any atom is 0.410 e. The van der Waals surface area contributed by atoms with Crippen molar-refractivity contribution in [2.75, 3.05) is 36.4 Å². The lowest BCUT2D eigenvalue weighted by Crippen LogP contribution is -2.50. The Hall–Kier alpha value is -4.52.